The number of phenolic OH excluding ortho intramolecular Hbond substituents is 1. The molecule has 1 aliphatic rings. The lowest BCUT2D eigenvalue weighted by Crippen LogP contribution is -2.36. The number of nitrogens with zero attached hydrogens (tertiary/aromatic N) is 4. The van der Waals surface area contributed by atoms with Crippen LogP contribution >= 0.6 is 0 Å². The maximum Gasteiger partial charge on any atom is 0.319 e. The standard InChI is InChI=1S/C21H24N6O2/c1-14(5-6-15-7-11-19(28)12-8-15)22-21(29)23-17-4-2-3-16(13-17)20-24-25-26-27(20)18-9-10-18/h2-4,7-8,11-14,18,28H,5-6,9-10H2,1H3,(H2,22,23,29)/t14-/m1/s1. The molecule has 1 saturated carbocycles. The summed E-state index contributed by atoms with van der Waals surface area (Å²) in [5, 5.41) is 27.2. The van der Waals surface area contributed by atoms with Crippen LogP contribution in [0.2, 0.25) is 0 Å². The fraction of sp³-hybridized carbons (Fsp3) is 0.333. The summed E-state index contributed by atoms with van der Waals surface area (Å²) in [6.45, 7) is 1.97. The topological polar surface area (TPSA) is 105 Å². The van der Waals surface area contributed by atoms with Gasteiger partial charge in [-0.3, -0.25) is 0 Å². The van der Waals surface area contributed by atoms with Crippen molar-refractivity contribution in [2.45, 2.75) is 44.7 Å². The number of phenols is 1. The zero-order chi connectivity index (χ0) is 20.2. The molecule has 2 aromatic carbocycles. The summed E-state index contributed by atoms with van der Waals surface area (Å²) in [4.78, 5) is 12.4. The number of tetrazole rings is 1. The molecule has 4 rings (SSSR count). The van der Waals surface area contributed by atoms with Crippen LogP contribution in [0.5, 0.6) is 5.75 Å². The van der Waals surface area contributed by atoms with Crippen molar-refractivity contribution in [1.29, 1.82) is 0 Å². The van der Waals surface area contributed by atoms with Crippen molar-refractivity contribution in [1.82, 2.24) is 25.5 Å². The van der Waals surface area contributed by atoms with Gasteiger partial charge in [-0.2, -0.15) is 0 Å². The molecule has 0 aliphatic heterocycles. The molecule has 1 atom stereocenters. The van der Waals surface area contributed by atoms with Crippen molar-refractivity contribution in [3.05, 3.63) is 54.1 Å². The Morgan fingerprint density at radius 1 is 1.24 bits per heavy atom. The Morgan fingerprint density at radius 3 is 2.79 bits per heavy atom. The first-order valence-corrected chi connectivity index (χ1v) is 9.82. The average molecular weight is 392 g/mol. The number of urea groups is 1. The van der Waals surface area contributed by atoms with E-state index in [9.17, 15) is 9.90 Å². The molecular formula is C21H24N6O2. The molecule has 150 valence electrons. The highest BCUT2D eigenvalue weighted by molar-refractivity contribution is 5.90. The van der Waals surface area contributed by atoms with Crippen molar-refractivity contribution in [2.24, 2.45) is 0 Å². The van der Waals surface area contributed by atoms with Gasteiger partial charge in [0.1, 0.15) is 5.75 Å². The molecule has 0 unspecified atom stereocenters. The molecule has 2 amide bonds. The van der Waals surface area contributed by atoms with Crippen LogP contribution in [-0.4, -0.2) is 37.4 Å². The second-order valence-corrected chi connectivity index (χ2v) is 7.46. The first-order chi connectivity index (χ1) is 14.1. The zero-order valence-corrected chi connectivity index (χ0v) is 16.2. The molecule has 1 heterocycles. The van der Waals surface area contributed by atoms with Crippen molar-refractivity contribution in [3.8, 4) is 17.1 Å². The number of carbonyl (C=O) groups is 1. The Kier molecular flexibility index (Phi) is 5.41. The quantitative estimate of drug-likeness (QED) is 0.570. The number of hydrogen-bond acceptors (Lipinski definition) is 5. The summed E-state index contributed by atoms with van der Waals surface area (Å²) in [6, 6.07) is 14.8. The molecule has 3 aromatic rings. The maximum absolute atomic E-state index is 12.4. The van der Waals surface area contributed by atoms with E-state index < -0.39 is 0 Å². The van der Waals surface area contributed by atoms with Gasteiger partial charge in [0.25, 0.3) is 0 Å². The zero-order valence-electron chi connectivity index (χ0n) is 16.2. The lowest BCUT2D eigenvalue weighted by atomic mass is 10.1. The highest BCUT2D eigenvalue weighted by Gasteiger charge is 2.28. The minimum absolute atomic E-state index is 0.00847. The van der Waals surface area contributed by atoms with Gasteiger partial charge in [-0.1, -0.05) is 24.3 Å². The highest BCUT2D eigenvalue weighted by atomic mass is 16.3. The highest BCUT2D eigenvalue weighted by Crippen LogP contribution is 2.36. The van der Waals surface area contributed by atoms with Crippen LogP contribution in [0.4, 0.5) is 10.5 Å². The number of aryl methyl sites for hydroxylation is 1. The Labute approximate surface area is 168 Å². The molecule has 1 aromatic heterocycles. The number of aromatic hydroxyl groups is 1. The summed E-state index contributed by atoms with van der Waals surface area (Å²) < 4.78 is 1.85. The van der Waals surface area contributed by atoms with Gasteiger partial charge in [0.15, 0.2) is 5.82 Å². The molecule has 29 heavy (non-hydrogen) atoms. The first kappa shape index (κ1) is 18.9. The van der Waals surface area contributed by atoms with Crippen LogP contribution in [-0.2, 0) is 6.42 Å². The van der Waals surface area contributed by atoms with E-state index in [4.69, 9.17) is 0 Å². The molecule has 1 aliphatic carbocycles. The van der Waals surface area contributed by atoms with E-state index in [1.807, 2.05) is 48.0 Å². The summed E-state index contributed by atoms with van der Waals surface area (Å²) in [7, 11) is 0. The van der Waals surface area contributed by atoms with Crippen LogP contribution < -0.4 is 10.6 Å². The van der Waals surface area contributed by atoms with Crippen LogP contribution in [0.3, 0.4) is 0 Å². The van der Waals surface area contributed by atoms with Gasteiger partial charge in [0.05, 0.1) is 6.04 Å². The Bertz CT molecular complexity index is 981. The number of amides is 2. The van der Waals surface area contributed by atoms with Gasteiger partial charge >= 0.3 is 6.03 Å². The van der Waals surface area contributed by atoms with E-state index in [2.05, 4.69) is 26.2 Å². The maximum atomic E-state index is 12.4. The van der Waals surface area contributed by atoms with Gasteiger partial charge < -0.3 is 15.7 Å². The molecule has 3 N–H and O–H groups in total. The summed E-state index contributed by atoms with van der Waals surface area (Å²) in [6.07, 6.45) is 3.82. The monoisotopic (exact) mass is 392 g/mol. The van der Waals surface area contributed by atoms with Gasteiger partial charge in [0.2, 0.25) is 0 Å². The minimum atomic E-state index is -0.248. The van der Waals surface area contributed by atoms with E-state index in [0.717, 1.165) is 42.6 Å². The molecular weight excluding hydrogens is 368 g/mol. The van der Waals surface area contributed by atoms with Crippen molar-refractivity contribution in [3.63, 3.8) is 0 Å². The molecule has 8 nitrogen and oxygen atoms in total. The summed E-state index contributed by atoms with van der Waals surface area (Å²) in [5.41, 5.74) is 2.69. The number of rotatable bonds is 7. The van der Waals surface area contributed by atoms with E-state index >= 15 is 0 Å². The lowest BCUT2D eigenvalue weighted by Gasteiger charge is -2.15. The number of benzene rings is 2. The fourth-order valence-corrected chi connectivity index (χ4v) is 3.19. The van der Waals surface area contributed by atoms with Crippen LogP contribution in [0.1, 0.15) is 37.8 Å². The second kappa shape index (κ2) is 8.30. The molecule has 0 bridgehead atoms. The Morgan fingerprint density at radius 2 is 2.03 bits per heavy atom. The molecule has 0 spiro atoms. The summed E-state index contributed by atoms with van der Waals surface area (Å²) in [5.74, 6) is 0.978. The van der Waals surface area contributed by atoms with E-state index in [1.165, 1.54) is 0 Å². The van der Waals surface area contributed by atoms with Crippen molar-refractivity contribution >= 4 is 11.7 Å². The molecule has 0 saturated heterocycles. The van der Waals surface area contributed by atoms with Crippen LogP contribution in [0.25, 0.3) is 11.4 Å². The van der Waals surface area contributed by atoms with E-state index in [-0.39, 0.29) is 17.8 Å². The third kappa shape index (κ3) is 4.90. The minimum Gasteiger partial charge on any atom is -0.508 e. The molecule has 0 radical (unpaired) electrons. The Hall–Kier alpha value is -3.42. The molecule has 8 heteroatoms. The number of nitrogens with one attached hydrogen (secondary N) is 2. The normalized spacial score (nSPS) is 14.4. The third-order valence-electron chi connectivity index (χ3n) is 4.94. The fourth-order valence-electron chi connectivity index (χ4n) is 3.19. The average Bonchev–Trinajstić information content (AvgIpc) is 3.44. The summed E-state index contributed by atoms with van der Waals surface area (Å²) >= 11 is 0. The van der Waals surface area contributed by atoms with Crippen LogP contribution in [0, 0.1) is 0 Å². The first-order valence-electron chi connectivity index (χ1n) is 9.82. The van der Waals surface area contributed by atoms with Gasteiger partial charge in [-0.25, -0.2) is 9.48 Å². The lowest BCUT2D eigenvalue weighted by molar-refractivity contribution is 0.248. The number of anilines is 1. The van der Waals surface area contributed by atoms with Crippen molar-refractivity contribution in [2.75, 3.05) is 5.32 Å². The number of hydrogen-bond donors (Lipinski definition) is 3. The third-order valence-corrected chi connectivity index (χ3v) is 4.94. The SMILES string of the molecule is C[C@H](CCc1ccc(O)cc1)NC(=O)Nc1cccc(-c2nnnn2C2CC2)c1. The number of carbonyl (C=O) groups excluding carboxylic acids is 1. The predicted octanol–water partition coefficient (Wildman–Crippen LogP) is 3.52. The smallest absolute Gasteiger partial charge is 0.319 e. The largest absolute Gasteiger partial charge is 0.508 e. The van der Waals surface area contributed by atoms with Crippen LogP contribution in [0.15, 0.2) is 48.5 Å². The van der Waals surface area contributed by atoms with Gasteiger partial charge in [-0.15, -0.1) is 5.10 Å². The van der Waals surface area contributed by atoms with Crippen molar-refractivity contribution < 1.29 is 9.90 Å². The predicted molar refractivity (Wildman–Crippen MR) is 110 cm³/mol. The van der Waals surface area contributed by atoms with Gasteiger partial charge in [-0.05, 0) is 72.9 Å². The van der Waals surface area contributed by atoms with Gasteiger partial charge in [0, 0.05) is 17.3 Å². The second-order valence-electron chi connectivity index (χ2n) is 7.46. The molecule has 1 fully saturated rings. The number of aromatic nitrogens is 4. The van der Waals surface area contributed by atoms with E-state index in [1.54, 1.807) is 12.1 Å². The Balaban J connectivity index is 1.32. The van der Waals surface area contributed by atoms with E-state index in [0.29, 0.717) is 11.7 Å².